The average Bonchev–Trinajstić information content (AvgIpc) is 2.93. The second-order valence-electron chi connectivity index (χ2n) is 5.75. The summed E-state index contributed by atoms with van der Waals surface area (Å²) in [6.07, 6.45) is 1.86. The van der Waals surface area contributed by atoms with Crippen LogP contribution in [-0.2, 0) is 17.8 Å². The zero-order chi connectivity index (χ0) is 16.4. The monoisotopic (exact) mass is 330 g/mol. The molecule has 5 heteroatoms. The van der Waals surface area contributed by atoms with Crippen LogP contribution in [0.25, 0.3) is 0 Å². The summed E-state index contributed by atoms with van der Waals surface area (Å²) in [4.78, 5) is 20.3. The lowest BCUT2D eigenvalue weighted by Crippen LogP contribution is -2.11. The van der Waals surface area contributed by atoms with Crippen molar-refractivity contribution in [3.63, 3.8) is 0 Å². The predicted octanol–water partition coefficient (Wildman–Crippen LogP) is 4.03. The van der Waals surface area contributed by atoms with Crippen LogP contribution in [0, 0.1) is 5.82 Å². The molecule has 3 nitrogen and oxygen atoms in total. The van der Waals surface area contributed by atoms with Gasteiger partial charge in [0.25, 0.3) is 0 Å². The fourth-order valence-corrected chi connectivity index (χ4v) is 2.98. The molecule has 1 atom stereocenters. The minimum Gasteiger partial charge on any atom is -0.299 e. The SMILES string of the molecule is C[C@@H](CC(=O)Cc1ncc2c(c1F)CN=C2Cl)c1ccccc1. The Morgan fingerprint density at radius 2 is 2.09 bits per heavy atom. The summed E-state index contributed by atoms with van der Waals surface area (Å²) in [6, 6.07) is 9.82. The van der Waals surface area contributed by atoms with Crippen LogP contribution in [0.3, 0.4) is 0 Å². The van der Waals surface area contributed by atoms with E-state index < -0.39 is 5.82 Å². The number of hydrogen-bond donors (Lipinski definition) is 0. The van der Waals surface area contributed by atoms with Crippen LogP contribution in [0.2, 0.25) is 0 Å². The number of aliphatic imine (C=N–C) groups is 1. The molecule has 1 aromatic heterocycles. The van der Waals surface area contributed by atoms with E-state index in [0.29, 0.717) is 17.5 Å². The van der Waals surface area contributed by atoms with Gasteiger partial charge < -0.3 is 0 Å². The largest absolute Gasteiger partial charge is 0.299 e. The van der Waals surface area contributed by atoms with Crippen molar-refractivity contribution in [2.24, 2.45) is 4.99 Å². The number of pyridine rings is 1. The molecule has 0 aliphatic carbocycles. The van der Waals surface area contributed by atoms with Crippen LogP contribution in [0.1, 0.15) is 41.6 Å². The molecule has 0 amide bonds. The van der Waals surface area contributed by atoms with Crippen LogP contribution < -0.4 is 0 Å². The van der Waals surface area contributed by atoms with E-state index in [-0.39, 0.29) is 35.5 Å². The minimum atomic E-state index is -0.456. The highest BCUT2D eigenvalue weighted by molar-refractivity contribution is 6.70. The number of ketones is 1. The van der Waals surface area contributed by atoms with Gasteiger partial charge in [0, 0.05) is 23.7 Å². The molecule has 0 spiro atoms. The van der Waals surface area contributed by atoms with Gasteiger partial charge in [0.1, 0.15) is 11.0 Å². The van der Waals surface area contributed by atoms with Crippen molar-refractivity contribution in [3.05, 3.63) is 64.7 Å². The molecule has 3 rings (SSSR count). The van der Waals surface area contributed by atoms with Gasteiger partial charge in [-0.05, 0) is 11.5 Å². The number of aromatic nitrogens is 1. The van der Waals surface area contributed by atoms with Gasteiger partial charge in [-0.3, -0.25) is 14.8 Å². The Bertz CT molecular complexity index is 774. The van der Waals surface area contributed by atoms with E-state index in [1.54, 1.807) is 0 Å². The third-order valence-electron chi connectivity index (χ3n) is 4.06. The minimum absolute atomic E-state index is 0.00605. The van der Waals surface area contributed by atoms with Crippen LogP contribution >= 0.6 is 11.6 Å². The molecule has 2 heterocycles. The molecule has 1 aromatic carbocycles. The molecule has 0 radical (unpaired) electrons. The first-order valence-electron chi connectivity index (χ1n) is 7.49. The summed E-state index contributed by atoms with van der Waals surface area (Å²) < 4.78 is 14.4. The summed E-state index contributed by atoms with van der Waals surface area (Å²) in [7, 11) is 0. The number of benzene rings is 1. The van der Waals surface area contributed by atoms with Gasteiger partial charge in [0.2, 0.25) is 0 Å². The number of carbonyl (C=O) groups excluding carboxylic acids is 1. The van der Waals surface area contributed by atoms with Crippen molar-refractivity contribution in [2.45, 2.75) is 32.2 Å². The predicted molar refractivity (Wildman–Crippen MR) is 88.5 cm³/mol. The highest BCUT2D eigenvalue weighted by Gasteiger charge is 2.23. The summed E-state index contributed by atoms with van der Waals surface area (Å²) in [5.74, 6) is -0.390. The van der Waals surface area contributed by atoms with Gasteiger partial charge in [-0.1, -0.05) is 48.9 Å². The molecule has 2 aromatic rings. The van der Waals surface area contributed by atoms with Crippen molar-refractivity contribution in [2.75, 3.05) is 0 Å². The number of fused-ring (bicyclic) bond motifs is 1. The molecule has 23 heavy (non-hydrogen) atoms. The van der Waals surface area contributed by atoms with E-state index in [1.165, 1.54) is 6.20 Å². The molecule has 118 valence electrons. The summed E-state index contributed by atoms with van der Waals surface area (Å²) in [5, 5.41) is 0.280. The van der Waals surface area contributed by atoms with Gasteiger partial charge in [-0.2, -0.15) is 0 Å². The van der Waals surface area contributed by atoms with Gasteiger partial charge in [-0.25, -0.2) is 4.39 Å². The van der Waals surface area contributed by atoms with Gasteiger partial charge in [0.05, 0.1) is 18.7 Å². The maximum Gasteiger partial charge on any atom is 0.150 e. The molecule has 0 bridgehead atoms. The van der Waals surface area contributed by atoms with Crippen LogP contribution in [-0.4, -0.2) is 15.9 Å². The van der Waals surface area contributed by atoms with Crippen LogP contribution in [0.4, 0.5) is 4.39 Å². The molecule has 0 saturated heterocycles. The topological polar surface area (TPSA) is 42.3 Å². The Balaban J connectivity index is 1.70. The lowest BCUT2D eigenvalue weighted by atomic mass is 9.94. The van der Waals surface area contributed by atoms with Crippen molar-refractivity contribution < 1.29 is 9.18 Å². The quantitative estimate of drug-likeness (QED) is 0.830. The summed E-state index contributed by atoms with van der Waals surface area (Å²) in [5.41, 5.74) is 2.24. The number of halogens is 2. The third-order valence-corrected chi connectivity index (χ3v) is 4.38. The summed E-state index contributed by atoms with van der Waals surface area (Å²) >= 11 is 5.89. The number of rotatable bonds is 5. The molecule has 1 aliphatic rings. The normalized spacial score (nSPS) is 14.3. The Morgan fingerprint density at radius 3 is 2.83 bits per heavy atom. The second-order valence-corrected chi connectivity index (χ2v) is 6.11. The van der Waals surface area contributed by atoms with E-state index >= 15 is 0 Å². The third kappa shape index (κ3) is 3.32. The Kier molecular flexibility index (Phi) is 4.53. The first-order chi connectivity index (χ1) is 11.1. The van der Waals surface area contributed by atoms with Gasteiger partial charge in [-0.15, -0.1) is 0 Å². The highest BCUT2D eigenvalue weighted by atomic mass is 35.5. The Labute approximate surface area is 139 Å². The van der Waals surface area contributed by atoms with Crippen LogP contribution in [0.5, 0.6) is 0 Å². The van der Waals surface area contributed by atoms with E-state index in [4.69, 9.17) is 11.6 Å². The molecule has 0 N–H and O–H groups in total. The zero-order valence-electron chi connectivity index (χ0n) is 12.7. The standard InChI is InChI=1S/C18H16ClFN2O/c1-11(12-5-3-2-4-6-12)7-13(23)8-16-17(20)14-9-22-18(19)15(14)10-21-16/h2-6,10-11H,7-9H2,1H3/t11-/m0/s1. The highest BCUT2D eigenvalue weighted by Crippen LogP contribution is 2.25. The van der Waals surface area contributed by atoms with Crippen molar-refractivity contribution in [1.82, 2.24) is 4.98 Å². The van der Waals surface area contributed by atoms with Gasteiger partial charge in [0.15, 0.2) is 5.82 Å². The first-order valence-corrected chi connectivity index (χ1v) is 7.87. The second kappa shape index (κ2) is 6.59. The zero-order valence-corrected chi connectivity index (χ0v) is 13.5. The van der Waals surface area contributed by atoms with Crippen molar-refractivity contribution in [1.29, 1.82) is 0 Å². The van der Waals surface area contributed by atoms with E-state index in [9.17, 15) is 9.18 Å². The number of nitrogens with zero attached hydrogens (tertiary/aromatic N) is 2. The van der Waals surface area contributed by atoms with E-state index in [0.717, 1.165) is 5.56 Å². The molecule has 0 saturated carbocycles. The molecule has 0 fully saturated rings. The number of Topliss-reactive ketones (excluding diaryl/α,β-unsaturated/α-hetero) is 1. The van der Waals surface area contributed by atoms with Gasteiger partial charge >= 0.3 is 0 Å². The fourth-order valence-electron chi connectivity index (χ4n) is 2.76. The molecule has 0 unspecified atom stereocenters. The Morgan fingerprint density at radius 1 is 1.35 bits per heavy atom. The number of carbonyl (C=O) groups is 1. The van der Waals surface area contributed by atoms with E-state index in [2.05, 4.69) is 9.98 Å². The first kappa shape index (κ1) is 15.8. The smallest absolute Gasteiger partial charge is 0.150 e. The van der Waals surface area contributed by atoms with E-state index in [1.807, 2.05) is 37.3 Å². The van der Waals surface area contributed by atoms with Crippen LogP contribution in [0.15, 0.2) is 41.5 Å². The summed E-state index contributed by atoms with van der Waals surface area (Å²) in [6.45, 7) is 2.21. The molecular formula is C18H16ClFN2O. The maximum atomic E-state index is 14.4. The Hall–Kier alpha value is -2.07. The van der Waals surface area contributed by atoms with Crippen molar-refractivity contribution in [3.8, 4) is 0 Å². The number of hydrogen-bond acceptors (Lipinski definition) is 3. The molecular weight excluding hydrogens is 315 g/mol. The van der Waals surface area contributed by atoms with Crippen molar-refractivity contribution >= 4 is 22.6 Å². The lowest BCUT2D eigenvalue weighted by molar-refractivity contribution is -0.118. The lowest BCUT2D eigenvalue weighted by Gasteiger charge is -2.11. The fraction of sp³-hybridized carbons (Fsp3) is 0.278. The maximum absolute atomic E-state index is 14.4. The molecule has 1 aliphatic heterocycles. The average molecular weight is 331 g/mol.